The molecule has 1 atom stereocenters. The van der Waals surface area contributed by atoms with Crippen molar-refractivity contribution in [2.24, 2.45) is 11.3 Å². The van der Waals surface area contributed by atoms with Gasteiger partial charge in [-0.25, -0.2) is 14.8 Å². The zero-order valence-electron chi connectivity index (χ0n) is 25.3. The molecule has 1 unspecified atom stereocenters. The van der Waals surface area contributed by atoms with Crippen molar-refractivity contribution in [3.05, 3.63) is 35.5 Å². The van der Waals surface area contributed by atoms with Crippen LogP contribution in [0.5, 0.6) is 0 Å². The third-order valence-electron chi connectivity index (χ3n) is 9.09. The average molecular weight is 560 g/mol. The molecule has 1 saturated carbocycles. The molecular weight excluding hydrogens is 514 g/mol. The van der Waals surface area contributed by atoms with Crippen molar-refractivity contribution in [1.29, 1.82) is 0 Å². The fraction of sp³-hybridized carbons (Fsp3) is 0.625. The van der Waals surface area contributed by atoms with Gasteiger partial charge < -0.3 is 19.9 Å². The SMILES string of the molecule is CCC1CCN(c2n[nH]c3nc(N4CCC(C)(CNC(=O)OC(C)(C)C)CC4)cnc23)c2cc(CC3CC3)ccc21. The Morgan fingerprint density at radius 2 is 1.95 bits per heavy atom. The summed E-state index contributed by atoms with van der Waals surface area (Å²) in [4.78, 5) is 26.7. The molecule has 3 aliphatic rings. The van der Waals surface area contributed by atoms with E-state index in [1.165, 1.54) is 36.1 Å². The van der Waals surface area contributed by atoms with E-state index in [1.807, 2.05) is 27.0 Å². The minimum Gasteiger partial charge on any atom is -0.444 e. The molecule has 2 fully saturated rings. The van der Waals surface area contributed by atoms with E-state index < -0.39 is 5.60 Å². The van der Waals surface area contributed by atoms with Crippen LogP contribution < -0.4 is 15.1 Å². The Labute approximate surface area is 243 Å². The Morgan fingerprint density at radius 1 is 1.17 bits per heavy atom. The first-order valence-corrected chi connectivity index (χ1v) is 15.4. The van der Waals surface area contributed by atoms with E-state index in [-0.39, 0.29) is 11.5 Å². The van der Waals surface area contributed by atoms with E-state index in [0.717, 1.165) is 74.0 Å². The van der Waals surface area contributed by atoms with Crippen LogP contribution in [0.1, 0.15) is 90.2 Å². The smallest absolute Gasteiger partial charge is 0.407 e. The molecule has 2 aromatic heterocycles. The monoisotopic (exact) mass is 559 g/mol. The molecule has 0 radical (unpaired) electrons. The second-order valence-electron chi connectivity index (χ2n) is 13.7. The van der Waals surface area contributed by atoms with Gasteiger partial charge in [-0.1, -0.05) is 26.0 Å². The summed E-state index contributed by atoms with van der Waals surface area (Å²) < 4.78 is 5.41. The second kappa shape index (κ2) is 10.8. The molecule has 1 amide bonds. The van der Waals surface area contributed by atoms with Gasteiger partial charge in [0.05, 0.1) is 6.20 Å². The Kier molecular flexibility index (Phi) is 7.32. The van der Waals surface area contributed by atoms with Crippen molar-refractivity contribution in [3.8, 4) is 0 Å². The van der Waals surface area contributed by atoms with Crippen LogP contribution in [0.4, 0.5) is 22.1 Å². The van der Waals surface area contributed by atoms with Gasteiger partial charge in [-0.3, -0.25) is 5.10 Å². The lowest BCUT2D eigenvalue weighted by Crippen LogP contribution is -2.46. The van der Waals surface area contributed by atoms with E-state index in [2.05, 4.69) is 52.3 Å². The maximum Gasteiger partial charge on any atom is 0.407 e. The fourth-order valence-electron chi connectivity index (χ4n) is 6.33. The van der Waals surface area contributed by atoms with Gasteiger partial charge in [-0.2, -0.15) is 5.10 Å². The first-order chi connectivity index (χ1) is 19.6. The number of carbonyl (C=O) groups excluding carboxylic acids is 1. The van der Waals surface area contributed by atoms with Crippen LogP contribution >= 0.6 is 0 Å². The highest BCUT2D eigenvalue weighted by Gasteiger charge is 2.33. The Balaban J connectivity index is 1.16. The number of hydrogen-bond donors (Lipinski definition) is 2. The molecule has 3 aromatic rings. The van der Waals surface area contributed by atoms with Gasteiger partial charge in [-0.15, -0.1) is 0 Å². The number of anilines is 3. The lowest BCUT2D eigenvalue weighted by atomic mass is 9.80. The summed E-state index contributed by atoms with van der Waals surface area (Å²) >= 11 is 0. The minimum atomic E-state index is -0.494. The van der Waals surface area contributed by atoms with Crippen LogP contribution in [0.3, 0.4) is 0 Å². The summed E-state index contributed by atoms with van der Waals surface area (Å²) in [5.74, 6) is 3.18. The number of aromatic amines is 1. The van der Waals surface area contributed by atoms with Crippen LogP contribution in [0.25, 0.3) is 11.2 Å². The molecule has 220 valence electrons. The quantitative estimate of drug-likeness (QED) is 0.342. The number of aromatic nitrogens is 4. The number of rotatable bonds is 7. The molecule has 2 N–H and O–H groups in total. The van der Waals surface area contributed by atoms with Crippen LogP contribution in [-0.4, -0.2) is 58.0 Å². The van der Waals surface area contributed by atoms with Gasteiger partial charge >= 0.3 is 6.09 Å². The zero-order valence-corrected chi connectivity index (χ0v) is 25.3. The third-order valence-corrected chi connectivity index (χ3v) is 9.09. The van der Waals surface area contributed by atoms with Gasteiger partial charge in [0.15, 0.2) is 17.0 Å². The van der Waals surface area contributed by atoms with Crippen LogP contribution in [0.15, 0.2) is 24.4 Å². The van der Waals surface area contributed by atoms with E-state index in [1.54, 1.807) is 0 Å². The van der Waals surface area contributed by atoms with Crippen molar-refractivity contribution in [2.45, 2.75) is 91.1 Å². The normalized spacial score (nSPS) is 20.7. The molecule has 2 aliphatic heterocycles. The minimum absolute atomic E-state index is 0.0163. The van der Waals surface area contributed by atoms with Gasteiger partial charge in [0.2, 0.25) is 0 Å². The molecule has 9 heteroatoms. The topological polar surface area (TPSA) is 99.3 Å². The number of piperidine rings is 1. The molecule has 9 nitrogen and oxygen atoms in total. The number of benzene rings is 1. The summed E-state index contributed by atoms with van der Waals surface area (Å²) in [5, 5.41) is 10.9. The largest absolute Gasteiger partial charge is 0.444 e. The molecule has 1 saturated heterocycles. The number of nitrogens with one attached hydrogen (secondary N) is 2. The molecule has 41 heavy (non-hydrogen) atoms. The predicted octanol–water partition coefficient (Wildman–Crippen LogP) is 6.47. The van der Waals surface area contributed by atoms with E-state index in [9.17, 15) is 4.79 Å². The van der Waals surface area contributed by atoms with Crippen molar-refractivity contribution >= 4 is 34.6 Å². The summed E-state index contributed by atoms with van der Waals surface area (Å²) in [6.45, 7) is 13.4. The van der Waals surface area contributed by atoms with E-state index in [0.29, 0.717) is 12.5 Å². The molecule has 1 aromatic carbocycles. The number of amides is 1. The number of hydrogen-bond acceptors (Lipinski definition) is 7. The molecule has 1 aliphatic carbocycles. The Bertz CT molecular complexity index is 1400. The first kappa shape index (κ1) is 27.8. The van der Waals surface area contributed by atoms with Gasteiger partial charge in [0, 0.05) is 31.9 Å². The molecule has 0 spiro atoms. The molecular formula is C32H45N7O2. The highest BCUT2D eigenvalue weighted by atomic mass is 16.6. The Hall–Kier alpha value is -3.36. The van der Waals surface area contributed by atoms with E-state index >= 15 is 0 Å². The lowest BCUT2D eigenvalue weighted by Gasteiger charge is -2.40. The summed E-state index contributed by atoms with van der Waals surface area (Å²) in [7, 11) is 0. The number of carbonyl (C=O) groups is 1. The maximum absolute atomic E-state index is 12.2. The zero-order chi connectivity index (χ0) is 28.8. The highest BCUT2D eigenvalue weighted by Crippen LogP contribution is 2.43. The standard InChI is InChI=1S/C32H45N7O2/c1-6-23-11-14-39(25-18-22(9-10-24(23)25)17-21-7-8-21)29-27-28(36-37-29)35-26(19-33-27)38-15-12-32(5,13-16-38)20-34-30(40)41-31(2,3)4/h9-10,18-19,21,23H,6-8,11-17,20H2,1-5H3,(H,34,40)(H,35,36,37). The molecule has 4 heterocycles. The number of alkyl carbamates (subject to hydrolysis) is 1. The van der Waals surface area contributed by atoms with Crippen molar-refractivity contribution in [3.63, 3.8) is 0 Å². The Morgan fingerprint density at radius 3 is 2.66 bits per heavy atom. The summed E-state index contributed by atoms with van der Waals surface area (Å²) in [6, 6.07) is 7.11. The lowest BCUT2D eigenvalue weighted by molar-refractivity contribution is 0.0495. The highest BCUT2D eigenvalue weighted by molar-refractivity contribution is 5.88. The second-order valence-corrected chi connectivity index (χ2v) is 13.7. The maximum atomic E-state index is 12.2. The number of ether oxygens (including phenoxy) is 1. The van der Waals surface area contributed by atoms with Gasteiger partial charge in [0.25, 0.3) is 0 Å². The van der Waals surface area contributed by atoms with Gasteiger partial charge in [0.1, 0.15) is 11.4 Å². The fourth-order valence-corrected chi connectivity index (χ4v) is 6.33. The molecule has 0 bridgehead atoms. The van der Waals surface area contributed by atoms with Crippen molar-refractivity contribution in [1.82, 2.24) is 25.5 Å². The van der Waals surface area contributed by atoms with Gasteiger partial charge in [-0.05, 0) is 100 Å². The number of nitrogens with zero attached hydrogens (tertiary/aromatic N) is 5. The van der Waals surface area contributed by atoms with Crippen LogP contribution in [0, 0.1) is 11.3 Å². The number of fused-ring (bicyclic) bond motifs is 2. The summed E-state index contributed by atoms with van der Waals surface area (Å²) in [6.07, 6.45) is 9.60. The number of H-pyrrole nitrogens is 1. The predicted molar refractivity (Wildman–Crippen MR) is 163 cm³/mol. The van der Waals surface area contributed by atoms with E-state index in [4.69, 9.17) is 19.8 Å². The van der Waals surface area contributed by atoms with Crippen molar-refractivity contribution in [2.75, 3.05) is 36.0 Å². The summed E-state index contributed by atoms with van der Waals surface area (Å²) in [5.41, 5.74) is 5.22. The van der Waals surface area contributed by atoms with Crippen LogP contribution in [0.2, 0.25) is 0 Å². The van der Waals surface area contributed by atoms with Crippen LogP contribution in [-0.2, 0) is 11.2 Å². The first-order valence-electron chi connectivity index (χ1n) is 15.4. The third kappa shape index (κ3) is 6.14. The average Bonchev–Trinajstić information content (AvgIpc) is 3.66. The van der Waals surface area contributed by atoms with Crippen molar-refractivity contribution < 1.29 is 9.53 Å². The molecule has 6 rings (SSSR count).